The van der Waals surface area contributed by atoms with Gasteiger partial charge in [0.05, 0.1) is 11.4 Å². The van der Waals surface area contributed by atoms with Gasteiger partial charge in [-0.3, -0.25) is 15.0 Å². The van der Waals surface area contributed by atoms with Crippen LogP contribution in [0.2, 0.25) is 0 Å². The van der Waals surface area contributed by atoms with Gasteiger partial charge in [0.2, 0.25) is 0 Å². The van der Waals surface area contributed by atoms with Crippen molar-refractivity contribution in [3.05, 3.63) is 94.5 Å². The summed E-state index contributed by atoms with van der Waals surface area (Å²) in [5, 5.41) is 10.4. The van der Waals surface area contributed by atoms with Gasteiger partial charge in [-0.25, -0.2) is 0 Å². The molecule has 1 amide bonds. The molecule has 0 aliphatic heterocycles. The third-order valence-corrected chi connectivity index (χ3v) is 4.86. The van der Waals surface area contributed by atoms with E-state index in [4.69, 9.17) is 16.9 Å². The van der Waals surface area contributed by atoms with Crippen molar-refractivity contribution < 1.29 is 9.59 Å². The van der Waals surface area contributed by atoms with Crippen molar-refractivity contribution in [2.75, 3.05) is 11.1 Å². The number of benzene rings is 3. The molecular weight excluding hydrogens is 376 g/mol. The number of anilines is 2. The number of para-hydroxylation sites is 1. The SMILES string of the molecule is CC(C)c1ccc(C(=O)Nc2c(N)cccc2C(=O)c2cccc(C(=N)N)c2)cc1. The van der Waals surface area contributed by atoms with Gasteiger partial charge in [-0.15, -0.1) is 0 Å². The Balaban J connectivity index is 1.93. The van der Waals surface area contributed by atoms with E-state index in [1.165, 1.54) is 0 Å². The molecule has 3 rings (SSSR count). The van der Waals surface area contributed by atoms with Crippen LogP contribution in [0.1, 0.15) is 57.2 Å². The number of nitrogen functional groups attached to an aromatic ring is 2. The highest BCUT2D eigenvalue weighted by atomic mass is 16.1. The second-order valence-electron chi connectivity index (χ2n) is 7.32. The number of carbonyl (C=O) groups is 2. The number of carbonyl (C=O) groups excluding carboxylic acids is 2. The maximum atomic E-state index is 13.1. The number of nitrogens with two attached hydrogens (primary N) is 2. The Bertz CT molecular complexity index is 1120. The van der Waals surface area contributed by atoms with Crippen LogP contribution >= 0.6 is 0 Å². The lowest BCUT2D eigenvalue weighted by Crippen LogP contribution is -2.17. The number of rotatable bonds is 6. The largest absolute Gasteiger partial charge is 0.397 e. The van der Waals surface area contributed by atoms with E-state index in [1.54, 1.807) is 54.6 Å². The van der Waals surface area contributed by atoms with Crippen molar-refractivity contribution >= 4 is 28.9 Å². The minimum atomic E-state index is -0.352. The summed E-state index contributed by atoms with van der Waals surface area (Å²) in [6.07, 6.45) is 0. The second kappa shape index (κ2) is 8.61. The summed E-state index contributed by atoms with van der Waals surface area (Å²) in [4.78, 5) is 25.9. The Morgan fingerprint density at radius 2 is 1.53 bits per heavy atom. The highest BCUT2D eigenvalue weighted by Crippen LogP contribution is 2.27. The molecule has 0 spiro atoms. The Hall–Kier alpha value is -3.93. The molecular formula is C24H24N4O2. The first kappa shape index (κ1) is 20.8. The maximum absolute atomic E-state index is 13.1. The maximum Gasteiger partial charge on any atom is 0.255 e. The van der Waals surface area contributed by atoms with Crippen molar-refractivity contribution in [1.82, 2.24) is 0 Å². The Kier molecular flexibility index (Phi) is 5.97. The molecule has 0 aromatic heterocycles. The van der Waals surface area contributed by atoms with Gasteiger partial charge in [0.1, 0.15) is 5.84 Å². The highest BCUT2D eigenvalue weighted by Gasteiger charge is 2.19. The van der Waals surface area contributed by atoms with Gasteiger partial charge in [0.25, 0.3) is 5.91 Å². The smallest absolute Gasteiger partial charge is 0.255 e. The van der Waals surface area contributed by atoms with E-state index < -0.39 is 0 Å². The van der Waals surface area contributed by atoms with Crippen molar-refractivity contribution in [3.63, 3.8) is 0 Å². The Morgan fingerprint density at radius 1 is 0.900 bits per heavy atom. The molecule has 0 aliphatic carbocycles. The van der Waals surface area contributed by atoms with Crippen LogP contribution in [0.3, 0.4) is 0 Å². The van der Waals surface area contributed by atoms with Crippen LogP contribution in [-0.2, 0) is 0 Å². The predicted molar refractivity (Wildman–Crippen MR) is 120 cm³/mol. The number of amides is 1. The Morgan fingerprint density at radius 3 is 2.17 bits per heavy atom. The topological polar surface area (TPSA) is 122 Å². The number of hydrogen-bond acceptors (Lipinski definition) is 4. The van der Waals surface area contributed by atoms with Gasteiger partial charge in [-0.1, -0.05) is 50.2 Å². The summed E-state index contributed by atoms with van der Waals surface area (Å²) in [5.74, 6) is -0.442. The molecule has 0 heterocycles. The van der Waals surface area contributed by atoms with Crippen LogP contribution < -0.4 is 16.8 Å². The summed E-state index contributed by atoms with van der Waals surface area (Å²) < 4.78 is 0. The average Bonchev–Trinajstić information content (AvgIpc) is 2.74. The molecule has 3 aromatic rings. The van der Waals surface area contributed by atoms with Crippen LogP contribution in [0.4, 0.5) is 11.4 Å². The lowest BCUT2D eigenvalue weighted by atomic mass is 9.98. The molecule has 0 unspecified atom stereocenters. The lowest BCUT2D eigenvalue weighted by Gasteiger charge is -2.14. The molecule has 0 aliphatic rings. The second-order valence-corrected chi connectivity index (χ2v) is 7.32. The fourth-order valence-corrected chi connectivity index (χ4v) is 3.09. The fourth-order valence-electron chi connectivity index (χ4n) is 3.09. The first-order chi connectivity index (χ1) is 14.3. The number of ketones is 1. The van der Waals surface area contributed by atoms with Crippen molar-refractivity contribution in [3.8, 4) is 0 Å². The molecule has 0 fully saturated rings. The van der Waals surface area contributed by atoms with Gasteiger partial charge in [-0.05, 0) is 41.8 Å². The van der Waals surface area contributed by atoms with Crippen molar-refractivity contribution in [2.24, 2.45) is 5.73 Å². The van der Waals surface area contributed by atoms with Crippen LogP contribution in [-0.4, -0.2) is 17.5 Å². The minimum Gasteiger partial charge on any atom is -0.397 e. The molecule has 0 saturated carbocycles. The van der Waals surface area contributed by atoms with Gasteiger partial charge in [0.15, 0.2) is 5.78 Å². The summed E-state index contributed by atoms with van der Waals surface area (Å²) in [6, 6.07) is 18.7. The monoisotopic (exact) mass is 400 g/mol. The summed E-state index contributed by atoms with van der Waals surface area (Å²) in [7, 11) is 0. The molecule has 0 bridgehead atoms. The first-order valence-corrected chi connectivity index (χ1v) is 9.57. The summed E-state index contributed by atoms with van der Waals surface area (Å²) in [6.45, 7) is 4.16. The van der Waals surface area contributed by atoms with E-state index in [0.717, 1.165) is 5.56 Å². The quantitative estimate of drug-likeness (QED) is 0.215. The van der Waals surface area contributed by atoms with Crippen molar-refractivity contribution in [2.45, 2.75) is 19.8 Å². The van der Waals surface area contributed by atoms with Gasteiger partial charge in [-0.2, -0.15) is 0 Å². The molecule has 152 valence electrons. The predicted octanol–water partition coefficient (Wildman–Crippen LogP) is 4.16. The number of nitrogens with one attached hydrogen (secondary N) is 2. The summed E-state index contributed by atoms with van der Waals surface area (Å²) in [5.41, 5.74) is 14.8. The van der Waals surface area contributed by atoms with E-state index in [1.807, 2.05) is 12.1 Å². The van der Waals surface area contributed by atoms with Gasteiger partial charge in [0, 0.05) is 22.3 Å². The van der Waals surface area contributed by atoms with Gasteiger partial charge >= 0.3 is 0 Å². The molecule has 0 saturated heterocycles. The third-order valence-electron chi connectivity index (χ3n) is 4.86. The number of hydrogen-bond donors (Lipinski definition) is 4. The van der Waals surface area contributed by atoms with E-state index in [2.05, 4.69) is 19.2 Å². The molecule has 3 aromatic carbocycles. The van der Waals surface area contributed by atoms with Crippen LogP contribution in [0.15, 0.2) is 66.7 Å². The summed E-state index contributed by atoms with van der Waals surface area (Å²) >= 11 is 0. The highest BCUT2D eigenvalue weighted by molar-refractivity contribution is 6.17. The van der Waals surface area contributed by atoms with E-state index >= 15 is 0 Å². The van der Waals surface area contributed by atoms with Crippen LogP contribution in [0, 0.1) is 5.41 Å². The zero-order valence-corrected chi connectivity index (χ0v) is 16.9. The molecule has 6 N–H and O–H groups in total. The minimum absolute atomic E-state index is 0.129. The van der Waals surface area contributed by atoms with Crippen LogP contribution in [0.25, 0.3) is 0 Å². The fraction of sp³-hybridized carbons (Fsp3) is 0.125. The average molecular weight is 400 g/mol. The molecule has 6 nitrogen and oxygen atoms in total. The third kappa shape index (κ3) is 4.38. The zero-order valence-electron chi connectivity index (χ0n) is 16.9. The standard InChI is InChI=1S/C24H24N4O2/c1-14(2)15-9-11-16(12-10-15)24(30)28-21-19(7-4-8-20(21)25)22(29)17-5-3-6-18(13-17)23(26)27/h3-14H,25H2,1-2H3,(H3,26,27)(H,28,30). The zero-order chi connectivity index (χ0) is 21.8. The normalized spacial score (nSPS) is 10.6. The van der Waals surface area contributed by atoms with E-state index in [-0.39, 0.29) is 34.5 Å². The van der Waals surface area contributed by atoms with Gasteiger partial charge < -0.3 is 16.8 Å². The lowest BCUT2D eigenvalue weighted by molar-refractivity contribution is 0.102. The molecule has 6 heteroatoms. The first-order valence-electron chi connectivity index (χ1n) is 9.57. The van der Waals surface area contributed by atoms with E-state index in [9.17, 15) is 9.59 Å². The molecule has 0 radical (unpaired) electrons. The van der Waals surface area contributed by atoms with Crippen LogP contribution in [0.5, 0.6) is 0 Å². The Labute approximate surface area is 175 Å². The molecule has 0 atom stereocenters. The number of amidine groups is 1. The van der Waals surface area contributed by atoms with Crippen molar-refractivity contribution in [1.29, 1.82) is 5.41 Å². The molecule has 30 heavy (non-hydrogen) atoms. The van der Waals surface area contributed by atoms with E-state index in [0.29, 0.717) is 22.6 Å².